The summed E-state index contributed by atoms with van der Waals surface area (Å²) in [5.41, 5.74) is 1.33. The maximum Gasteiger partial charge on any atom is 0.463 e. The van der Waals surface area contributed by atoms with Gasteiger partial charge in [-0.25, -0.2) is 0 Å². The molecule has 4 heteroatoms. The molecule has 1 aliphatic carbocycles. The minimum atomic E-state index is -1.47. The van der Waals surface area contributed by atoms with Crippen molar-refractivity contribution >= 4 is 8.60 Å². The van der Waals surface area contributed by atoms with Gasteiger partial charge in [0.25, 0.3) is 0 Å². The molecule has 1 atom stereocenters. The number of rotatable bonds is 15. The van der Waals surface area contributed by atoms with Crippen LogP contribution in [-0.2, 0) is 10.9 Å². The van der Waals surface area contributed by atoms with Crippen molar-refractivity contribution in [3.63, 3.8) is 0 Å². The van der Waals surface area contributed by atoms with Gasteiger partial charge in [0.1, 0.15) is 11.5 Å². The zero-order valence-corrected chi connectivity index (χ0v) is 20.7. The Morgan fingerprint density at radius 3 is 2.12 bits per heavy atom. The van der Waals surface area contributed by atoms with Crippen LogP contribution in [0.1, 0.15) is 96.0 Å². The summed E-state index contributed by atoms with van der Waals surface area (Å²) in [6.45, 7) is 2.27. The third kappa shape index (κ3) is 9.92. The first-order valence-corrected chi connectivity index (χ1v) is 13.9. The minimum Gasteiger partial charge on any atom is -0.418 e. The van der Waals surface area contributed by atoms with E-state index in [1.165, 1.54) is 76.2 Å². The van der Waals surface area contributed by atoms with Crippen molar-refractivity contribution in [3.05, 3.63) is 60.2 Å². The molecule has 0 saturated heterocycles. The SMILES string of the molecule is CCCCCCCCCCc1cccc(OP(Oc2ccccc2)OC2CCCCC2)c1. The normalized spacial score (nSPS) is 15.4. The second-order valence-corrected chi connectivity index (χ2v) is 9.98. The van der Waals surface area contributed by atoms with E-state index in [0.29, 0.717) is 0 Å². The summed E-state index contributed by atoms with van der Waals surface area (Å²) in [7, 11) is -1.47. The number of hydrogen-bond donors (Lipinski definition) is 0. The summed E-state index contributed by atoms with van der Waals surface area (Å²) in [6.07, 6.45) is 18.1. The number of para-hydroxylation sites is 1. The minimum absolute atomic E-state index is 0.235. The van der Waals surface area contributed by atoms with Gasteiger partial charge in [0.2, 0.25) is 0 Å². The van der Waals surface area contributed by atoms with Crippen LogP contribution in [0.5, 0.6) is 11.5 Å². The van der Waals surface area contributed by atoms with E-state index in [1.807, 2.05) is 36.4 Å². The average molecular weight is 457 g/mol. The molecule has 0 amide bonds. The molecule has 1 unspecified atom stereocenters. The van der Waals surface area contributed by atoms with E-state index in [-0.39, 0.29) is 6.10 Å². The van der Waals surface area contributed by atoms with Crippen molar-refractivity contribution in [2.45, 2.75) is 103 Å². The monoisotopic (exact) mass is 456 g/mol. The van der Waals surface area contributed by atoms with Crippen LogP contribution in [0, 0.1) is 0 Å². The highest BCUT2D eigenvalue weighted by Crippen LogP contribution is 2.44. The maximum absolute atomic E-state index is 6.31. The van der Waals surface area contributed by atoms with Crippen molar-refractivity contribution in [2.75, 3.05) is 0 Å². The molecule has 0 radical (unpaired) electrons. The third-order valence-electron chi connectivity index (χ3n) is 6.11. The van der Waals surface area contributed by atoms with Crippen molar-refractivity contribution < 1.29 is 13.6 Å². The highest BCUT2D eigenvalue weighted by atomic mass is 31.2. The van der Waals surface area contributed by atoms with Crippen molar-refractivity contribution in [3.8, 4) is 11.5 Å². The Kier molecular flexibility index (Phi) is 12.0. The molecule has 32 heavy (non-hydrogen) atoms. The quantitative estimate of drug-likeness (QED) is 0.197. The lowest BCUT2D eigenvalue weighted by Gasteiger charge is -2.26. The molecule has 3 nitrogen and oxygen atoms in total. The van der Waals surface area contributed by atoms with Crippen LogP contribution in [0.3, 0.4) is 0 Å². The Bertz CT molecular complexity index is 730. The zero-order valence-electron chi connectivity index (χ0n) is 19.8. The second kappa shape index (κ2) is 15.3. The van der Waals surface area contributed by atoms with E-state index in [2.05, 4.69) is 25.1 Å². The highest BCUT2D eigenvalue weighted by molar-refractivity contribution is 7.42. The Morgan fingerprint density at radius 1 is 0.719 bits per heavy atom. The Hall–Kier alpha value is -1.57. The Morgan fingerprint density at radius 2 is 1.38 bits per heavy atom. The third-order valence-corrected chi connectivity index (χ3v) is 7.30. The van der Waals surface area contributed by atoms with Gasteiger partial charge < -0.3 is 9.05 Å². The van der Waals surface area contributed by atoms with Gasteiger partial charge >= 0.3 is 8.60 Å². The molecule has 1 fully saturated rings. The molecule has 176 valence electrons. The Labute approximate surface area is 196 Å². The molecule has 0 N–H and O–H groups in total. The van der Waals surface area contributed by atoms with Gasteiger partial charge in [-0.1, -0.05) is 101 Å². The second-order valence-electron chi connectivity index (χ2n) is 8.96. The first-order valence-electron chi connectivity index (χ1n) is 12.8. The molecule has 0 heterocycles. The molecule has 2 aromatic carbocycles. The van der Waals surface area contributed by atoms with E-state index in [0.717, 1.165) is 30.8 Å². The fourth-order valence-electron chi connectivity index (χ4n) is 4.23. The number of hydrogen-bond acceptors (Lipinski definition) is 3. The van der Waals surface area contributed by atoms with Gasteiger partial charge in [0.05, 0.1) is 6.10 Å². The van der Waals surface area contributed by atoms with Gasteiger partial charge in [0, 0.05) is 0 Å². The van der Waals surface area contributed by atoms with E-state index in [1.54, 1.807) is 0 Å². The van der Waals surface area contributed by atoms with E-state index < -0.39 is 8.60 Å². The molecule has 2 aromatic rings. The first kappa shape index (κ1) is 25.1. The predicted molar refractivity (Wildman–Crippen MR) is 135 cm³/mol. The number of benzene rings is 2. The lowest BCUT2D eigenvalue weighted by molar-refractivity contribution is 0.138. The van der Waals surface area contributed by atoms with Crippen molar-refractivity contribution in [1.82, 2.24) is 0 Å². The molecule has 1 saturated carbocycles. The van der Waals surface area contributed by atoms with Crippen LogP contribution in [-0.4, -0.2) is 6.10 Å². The van der Waals surface area contributed by atoms with Crippen LogP contribution in [0.25, 0.3) is 0 Å². The fraction of sp³-hybridized carbons (Fsp3) is 0.571. The van der Waals surface area contributed by atoms with Gasteiger partial charge in [-0.05, 0) is 55.5 Å². The molecule has 1 aliphatic rings. The van der Waals surface area contributed by atoms with Crippen LogP contribution >= 0.6 is 8.60 Å². The van der Waals surface area contributed by atoms with Gasteiger partial charge in [-0.15, -0.1) is 0 Å². The summed E-state index contributed by atoms with van der Waals surface area (Å²) in [4.78, 5) is 0. The largest absolute Gasteiger partial charge is 0.463 e. The standard InChI is InChI=1S/C28H41O3P/c1-2-3-4-5-6-7-8-11-17-25-18-16-23-28(24-25)31-32(29-26-19-12-9-13-20-26)30-27-21-14-10-15-22-27/h9,12-13,16,18-20,23-24,27H,2-8,10-11,14-15,17,21-22H2,1H3. The van der Waals surface area contributed by atoms with Crippen LogP contribution in [0.4, 0.5) is 0 Å². The fourth-order valence-corrected chi connectivity index (χ4v) is 5.39. The van der Waals surface area contributed by atoms with Crippen LogP contribution in [0.2, 0.25) is 0 Å². The maximum atomic E-state index is 6.31. The smallest absolute Gasteiger partial charge is 0.418 e. The molecule has 0 aliphatic heterocycles. The molecule has 0 aromatic heterocycles. The summed E-state index contributed by atoms with van der Waals surface area (Å²) in [6, 6.07) is 18.3. The van der Waals surface area contributed by atoms with E-state index in [4.69, 9.17) is 13.6 Å². The Balaban J connectivity index is 1.49. The first-order chi connectivity index (χ1) is 15.8. The summed E-state index contributed by atoms with van der Waals surface area (Å²) < 4.78 is 18.7. The molecular formula is C28H41O3P. The van der Waals surface area contributed by atoms with Crippen molar-refractivity contribution in [1.29, 1.82) is 0 Å². The molecule has 3 rings (SSSR count). The van der Waals surface area contributed by atoms with E-state index in [9.17, 15) is 0 Å². The lowest BCUT2D eigenvalue weighted by Crippen LogP contribution is -2.16. The van der Waals surface area contributed by atoms with Gasteiger partial charge in [0.15, 0.2) is 0 Å². The predicted octanol–water partition coefficient (Wildman–Crippen LogP) is 9.40. The molecular weight excluding hydrogens is 415 g/mol. The summed E-state index contributed by atoms with van der Waals surface area (Å²) in [5.74, 6) is 1.64. The molecule has 0 bridgehead atoms. The van der Waals surface area contributed by atoms with Crippen molar-refractivity contribution in [2.24, 2.45) is 0 Å². The van der Waals surface area contributed by atoms with Crippen LogP contribution < -0.4 is 9.05 Å². The van der Waals surface area contributed by atoms with E-state index >= 15 is 0 Å². The van der Waals surface area contributed by atoms with Gasteiger partial charge in [-0.3, -0.25) is 4.52 Å². The highest BCUT2D eigenvalue weighted by Gasteiger charge is 2.24. The van der Waals surface area contributed by atoms with Gasteiger partial charge in [-0.2, -0.15) is 0 Å². The van der Waals surface area contributed by atoms with Crippen LogP contribution in [0.15, 0.2) is 54.6 Å². The topological polar surface area (TPSA) is 27.7 Å². The molecule has 0 spiro atoms. The lowest BCUT2D eigenvalue weighted by atomic mass is 9.98. The average Bonchev–Trinajstić information content (AvgIpc) is 2.82. The zero-order chi connectivity index (χ0) is 22.3. The number of aryl methyl sites for hydroxylation is 1. The number of unbranched alkanes of at least 4 members (excludes halogenated alkanes) is 7. The summed E-state index contributed by atoms with van der Waals surface area (Å²) in [5, 5.41) is 0. The summed E-state index contributed by atoms with van der Waals surface area (Å²) >= 11 is 0.